The Kier molecular flexibility index (Phi) is 5.63. The maximum Gasteiger partial charge on any atom is 0.223 e. The molecule has 1 aromatic carbocycles. The first kappa shape index (κ1) is 17.8. The highest BCUT2D eigenvalue weighted by Crippen LogP contribution is 2.35. The van der Waals surface area contributed by atoms with Gasteiger partial charge in [-0.1, -0.05) is 6.92 Å². The van der Waals surface area contributed by atoms with E-state index in [4.69, 9.17) is 9.47 Å². The molecule has 3 rings (SSSR count). The first-order valence-corrected chi connectivity index (χ1v) is 9.62. The van der Waals surface area contributed by atoms with Gasteiger partial charge in [0.15, 0.2) is 0 Å². The monoisotopic (exact) mass is 359 g/mol. The Balaban J connectivity index is 1.69. The Morgan fingerprint density at radius 1 is 1.24 bits per heavy atom. The number of fused-ring (bicyclic) bond motifs is 1. The quantitative estimate of drug-likeness (QED) is 0.774. The zero-order valence-corrected chi connectivity index (χ0v) is 15.9. The summed E-state index contributed by atoms with van der Waals surface area (Å²) in [6, 6.07) is 8.20. The van der Waals surface area contributed by atoms with E-state index in [1.165, 1.54) is 10.4 Å². The topological polar surface area (TPSA) is 38.8 Å². The highest BCUT2D eigenvalue weighted by Gasteiger charge is 2.29. The molecule has 5 heteroatoms. The summed E-state index contributed by atoms with van der Waals surface area (Å²) < 4.78 is 10.6. The average Bonchev–Trinajstić information content (AvgIpc) is 3.13. The van der Waals surface area contributed by atoms with Crippen LogP contribution < -0.4 is 9.47 Å². The lowest BCUT2D eigenvalue weighted by Gasteiger charge is -2.35. The van der Waals surface area contributed by atoms with Gasteiger partial charge in [-0.05, 0) is 54.0 Å². The van der Waals surface area contributed by atoms with Crippen LogP contribution in [0.25, 0.3) is 0 Å². The Morgan fingerprint density at radius 2 is 1.96 bits per heavy atom. The van der Waals surface area contributed by atoms with Gasteiger partial charge < -0.3 is 14.4 Å². The molecule has 0 spiro atoms. The summed E-state index contributed by atoms with van der Waals surface area (Å²) in [6.07, 6.45) is 3.13. The SMILES string of the molecule is CC[C@@H]1c2ccsc2CCN1C(=O)CCc1cc(OC)cc(OC)c1. The molecular formula is C20H25NO3S. The molecule has 0 radical (unpaired) electrons. The minimum absolute atomic E-state index is 0.224. The largest absolute Gasteiger partial charge is 0.497 e. The van der Waals surface area contributed by atoms with Gasteiger partial charge in [-0.2, -0.15) is 0 Å². The second-order valence-corrected chi connectivity index (χ2v) is 7.28. The average molecular weight is 359 g/mol. The van der Waals surface area contributed by atoms with Crippen molar-refractivity contribution in [1.82, 2.24) is 4.90 Å². The molecule has 2 heterocycles. The lowest BCUT2D eigenvalue weighted by atomic mass is 9.97. The van der Waals surface area contributed by atoms with E-state index in [0.717, 1.165) is 36.4 Å². The van der Waals surface area contributed by atoms with Crippen LogP contribution in [0.1, 0.15) is 41.8 Å². The van der Waals surface area contributed by atoms with Crippen LogP contribution in [0.4, 0.5) is 0 Å². The number of hydrogen-bond acceptors (Lipinski definition) is 4. The van der Waals surface area contributed by atoms with Crippen molar-refractivity contribution in [2.45, 2.75) is 38.6 Å². The highest BCUT2D eigenvalue weighted by molar-refractivity contribution is 7.10. The molecule has 0 saturated heterocycles. The van der Waals surface area contributed by atoms with Crippen LogP contribution in [-0.4, -0.2) is 31.6 Å². The molecule has 134 valence electrons. The smallest absolute Gasteiger partial charge is 0.223 e. The van der Waals surface area contributed by atoms with Crippen molar-refractivity contribution in [3.63, 3.8) is 0 Å². The normalized spacial score (nSPS) is 16.4. The van der Waals surface area contributed by atoms with Crippen LogP contribution in [0.3, 0.4) is 0 Å². The third-order valence-corrected chi connectivity index (χ3v) is 5.84. The minimum atomic E-state index is 0.224. The number of thiophene rings is 1. The summed E-state index contributed by atoms with van der Waals surface area (Å²) in [5, 5.41) is 2.14. The number of rotatable bonds is 6. The zero-order valence-electron chi connectivity index (χ0n) is 15.1. The van der Waals surface area contributed by atoms with E-state index in [9.17, 15) is 4.79 Å². The Bertz CT molecular complexity index is 718. The van der Waals surface area contributed by atoms with Gasteiger partial charge in [0.05, 0.1) is 20.3 Å². The number of nitrogens with zero attached hydrogens (tertiary/aromatic N) is 1. The van der Waals surface area contributed by atoms with Gasteiger partial charge >= 0.3 is 0 Å². The van der Waals surface area contributed by atoms with Gasteiger partial charge in [-0.3, -0.25) is 4.79 Å². The van der Waals surface area contributed by atoms with Gasteiger partial charge in [0.25, 0.3) is 0 Å². The van der Waals surface area contributed by atoms with Crippen molar-refractivity contribution in [3.05, 3.63) is 45.6 Å². The number of carbonyl (C=O) groups is 1. The second-order valence-electron chi connectivity index (χ2n) is 6.28. The van der Waals surface area contributed by atoms with Crippen LogP contribution in [0.2, 0.25) is 0 Å². The highest BCUT2D eigenvalue weighted by atomic mass is 32.1. The van der Waals surface area contributed by atoms with Crippen molar-refractivity contribution in [1.29, 1.82) is 0 Å². The van der Waals surface area contributed by atoms with Gasteiger partial charge in [-0.15, -0.1) is 11.3 Å². The van der Waals surface area contributed by atoms with Crippen molar-refractivity contribution in [2.24, 2.45) is 0 Å². The van der Waals surface area contributed by atoms with E-state index < -0.39 is 0 Å². The molecule has 0 unspecified atom stereocenters. The fourth-order valence-electron chi connectivity index (χ4n) is 3.54. The molecule has 25 heavy (non-hydrogen) atoms. The molecular weight excluding hydrogens is 334 g/mol. The van der Waals surface area contributed by atoms with E-state index in [2.05, 4.69) is 23.3 Å². The number of methoxy groups -OCH3 is 2. The molecule has 0 aliphatic carbocycles. The van der Waals surface area contributed by atoms with Crippen molar-refractivity contribution in [3.8, 4) is 11.5 Å². The number of benzene rings is 1. The Morgan fingerprint density at radius 3 is 2.60 bits per heavy atom. The van der Waals surface area contributed by atoms with Gasteiger partial charge in [0.1, 0.15) is 11.5 Å². The van der Waals surface area contributed by atoms with E-state index in [1.807, 2.05) is 29.5 Å². The Labute approximate surface area is 153 Å². The third-order valence-electron chi connectivity index (χ3n) is 4.84. The lowest BCUT2D eigenvalue weighted by molar-refractivity contribution is -0.134. The first-order valence-electron chi connectivity index (χ1n) is 8.74. The van der Waals surface area contributed by atoms with Crippen LogP contribution in [0, 0.1) is 0 Å². The maximum absolute atomic E-state index is 12.8. The first-order chi connectivity index (χ1) is 12.2. The minimum Gasteiger partial charge on any atom is -0.497 e. The molecule has 1 amide bonds. The van der Waals surface area contributed by atoms with Gasteiger partial charge in [0, 0.05) is 23.9 Å². The Hall–Kier alpha value is -2.01. The third kappa shape index (κ3) is 3.82. The van der Waals surface area contributed by atoms with Gasteiger partial charge in [0.2, 0.25) is 5.91 Å². The molecule has 2 aromatic rings. The lowest BCUT2D eigenvalue weighted by Crippen LogP contribution is -2.39. The van der Waals surface area contributed by atoms with E-state index in [-0.39, 0.29) is 11.9 Å². The fourth-order valence-corrected chi connectivity index (χ4v) is 4.47. The maximum atomic E-state index is 12.8. The summed E-state index contributed by atoms with van der Waals surface area (Å²) in [5.74, 6) is 1.74. The number of aryl methyl sites for hydroxylation is 1. The molecule has 0 saturated carbocycles. The van der Waals surface area contributed by atoms with Crippen LogP contribution in [0.5, 0.6) is 11.5 Å². The number of hydrogen-bond donors (Lipinski definition) is 0. The molecule has 1 aliphatic heterocycles. The van der Waals surface area contributed by atoms with Gasteiger partial charge in [-0.25, -0.2) is 0 Å². The van der Waals surface area contributed by atoms with Crippen LogP contribution in [0.15, 0.2) is 29.6 Å². The molecule has 1 atom stereocenters. The van der Waals surface area contributed by atoms with E-state index in [0.29, 0.717) is 12.8 Å². The summed E-state index contributed by atoms with van der Waals surface area (Å²) >= 11 is 1.81. The summed E-state index contributed by atoms with van der Waals surface area (Å²) in [7, 11) is 3.28. The number of amides is 1. The standard InChI is InChI=1S/C20H25NO3S/c1-4-18-17-8-10-25-19(17)7-9-21(18)20(22)6-5-14-11-15(23-2)13-16(12-14)24-3/h8,10-13,18H,4-7,9H2,1-3H3/t18-/m1/s1. The second kappa shape index (κ2) is 7.91. The van der Waals surface area contributed by atoms with Crippen molar-refractivity contribution >= 4 is 17.2 Å². The van der Waals surface area contributed by atoms with Crippen LogP contribution in [-0.2, 0) is 17.6 Å². The number of carbonyl (C=O) groups excluding carboxylic acids is 1. The summed E-state index contributed by atoms with van der Waals surface area (Å²) in [4.78, 5) is 16.3. The van der Waals surface area contributed by atoms with E-state index >= 15 is 0 Å². The molecule has 0 bridgehead atoms. The summed E-state index contributed by atoms with van der Waals surface area (Å²) in [5.41, 5.74) is 2.40. The fraction of sp³-hybridized carbons (Fsp3) is 0.450. The number of ether oxygens (including phenoxy) is 2. The van der Waals surface area contributed by atoms with Crippen molar-refractivity contribution < 1.29 is 14.3 Å². The predicted molar refractivity (Wildman–Crippen MR) is 101 cm³/mol. The zero-order chi connectivity index (χ0) is 17.8. The molecule has 0 N–H and O–H groups in total. The predicted octanol–water partition coefficient (Wildman–Crippen LogP) is 4.23. The molecule has 4 nitrogen and oxygen atoms in total. The van der Waals surface area contributed by atoms with Crippen molar-refractivity contribution in [2.75, 3.05) is 20.8 Å². The molecule has 0 fully saturated rings. The molecule has 1 aromatic heterocycles. The van der Waals surface area contributed by atoms with E-state index in [1.54, 1.807) is 14.2 Å². The molecule has 1 aliphatic rings. The van der Waals surface area contributed by atoms with Crippen LogP contribution >= 0.6 is 11.3 Å². The summed E-state index contributed by atoms with van der Waals surface area (Å²) in [6.45, 7) is 2.98.